The molecular weight excluding hydrogens is 448 g/mol. The number of benzene rings is 2. The molecule has 0 unspecified atom stereocenters. The van der Waals surface area contributed by atoms with Crippen LogP contribution in [0.15, 0.2) is 67.0 Å². The van der Waals surface area contributed by atoms with E-state index in [1.165, 1.54) is 12.4 Å². The minimum atomic E-state index is -0.787. The van der Waals surface area contributed by atoms with E-state index in [-0.39, 0.29) is 18.3 Å². The zero-order valence-corrected chi connectivity index (χ0v) is 18.9. The first kappa shape index (κ1) is 23.6. The van der Waals surface area contributed by atoms with Crippen LogP contribution in [-0.2, 0) is 16.0 Å². The first-order valence-electron chi connectivity index (χ1n) is 11.0. The maximum absolute atomic E-state index is 12.6. The minimum Gasteiger partial charge on any atom is -0.461 e. The summed E-state index contributed by atoms with van der Waals surface area (Å²) in [6.45, 7) is 2.03. The van der Waals surface area contributed by atoms with Crippen LogP contribution in [0.25, 0.3) is 10.9 Å². The molecule has 2 aromatic carbocycles. The van der Waals surface area contributed by atoms with Crippen molar-refractivity contribution < 1.29 is 19.1 Å². The molecule has 5 N–H and O–H groups in total. The van der Waals surface area contributed by atoms with E-state index < -0.39 is 17.9 Å². The quantitative estimate of drug-likeness (QED) is 0.288. The van der Waals surface area contributed by atoms with Crippen molar-refractivity contribution >= 4 is 40.1 Å². The Morgan fingerprint density at radius 2 is 1.71 bits per heavy atom. The molecular formula is C25H24N6O4. The fraction of sp³-hybridized carbons (Fsp3) is 0.160. The van der Waals surface area contributed by atoms with Gasteiger partial charge in [-0.3, -0.25) is 9.59 Å². The summed E-state index contributed by atoms with van der Waals surface area (Å²) in [5, 5.41) is 6.29. The van der Waals surface area contributed by atoms with Gasteiger partial charge in [0.25, 0.3) is 5.91 Å². The summed E-state index contributed by atoms with van der Waals surface area (Å²) in [6.07, 6.45) is 3.30. The lowest BCUT2D eigenvalue weighted by molar-refractivity contribution is -0.117. The number of H-pyrrole nitrogens is 1. The molecule has 2 amide bonds. The molecule has 0 bridgehead atoms. The number of nitrogens with two attached hydrogens (primary N) is 1. The molecule has 10 heteroatoms. The summed E-state index contributed by atoms with van der Waals surface area (Å²) in [4.78, 5) is 47.5. The standard InChI is InChI=1S/C25H24N6O4/c1-2-35-25(34)21-14-16-13-18(8-9-20(16)31-21)30-23(32)19(26)12-15-4-6-17(7-5-15)29-24(33)22-27-10-3-11-28-22/h3-11,13-14,19,31H,2,12,26H2,1H3,(H,29,33)(H,30,32)/t19-/m0/s1. The average molecular weight is 473 g/mol. The number of anilines is 2. The predicted molar refractivity (Wildman–Crippen MR) is 131 cm³/mol. The van der Waals surface area contributed by atoms with E-state index >= 15 is 0 Å². The van der Waals surface area contributed by atoms with Gasteiger partial charge >= 0.3 is 5.97 Å². The van der Waals surface area contributed by atoms with Crippen LogP contribution in [0.5, 0.6) is 0 Å². The molecule has 0 fully saturated rings. The van der Waals surface area contributed by atoms with Gasteiger partial charge in [-0.1, -0.05) is 12.1 Å². The molecule has 2 aromatic heterocycles. The summed E-state index contributed by atoms with van der Waals surface area (Å²) in [5.41, 5.74) is 9.19. The highest BCUT2D eigenvalue weighted by Gasteiger charge is 2.16. The van der Waals surface area contributed by atoms with Crippen LogP contribution < -0.4 is 16.4 Å². The number of carbonyl (C=O) groups is 3. The van der Waals surface area contributed by atoms with Gasteiger partial charge in [0.05, 0.1) is 12.6 Å². The Labute approximate surface area is 200 Å². The third-order valence-electron chi connectivity index (χ3n) is 5.16. The van der Waals surface area contributed by atoms with Crippen LogP contribution in [-0.4, -0.2) is 45.4 Å². The molecule has 10 nitrogen and oxygen atoms in total. The van der Waals surface area contributed by atoms with E-state index in [9.17, 15) is 14.4 Å². The molecule has 35 heavy (non-hydrogen) atoms. The monoisotopic (exact) mass is 472 g/mol. The van der Waals surface area contributed by atoms with Gasteiger partial charge in [0.15, 0.2) is 0 Å². The maximum atomic E-state index is 12.6. The van der Waals surface area contributed by atoms with Crippen molar-refractivity contribution in [2.45, 2.75) is 19.4 Å². The highest BCUT2D eigenvalue weighted by molar-refractivity contribution is 6.01. The second kappa shape index (κ2) is 10.6. The molecule has 0 aliphatic heterocycles. The van der Waals surface area contributed by atoms with Crippen LogP contribution in [0, 0.1) is 0 Å². The van der Waals surface area contributed by atoms with E-state index in [4.69, 9.17) is 10.5 Å². The second-order valence-electron chi connectivity index (χ2n) is 7.73. The van der Waals surface area contributed by atoms with Crippen LogP contribution in [0.4, 0.5) is 11.4 Å². The third kappa shape index (κ3) is 5.87. The number of aromatic amines is 1. The van der Waals surface area contributed by atoms with Gasteiger partial charge in [-0.05, 0) is 61.4 Å². The number of esters is 1. The number of carbonyl (C=O) groups excluding carboxylic acids is 3. The Hall–Kier alpha value is -4.57. The first-order chi connectivity index (χ1) is 16.9. The summed E-state index contributed by atoms with van der Waals surface area (Å²) in [5.74, 6) is -1.12. The molecule has 0 radical (unpaired) electrons. The predicted octanol–water partition coefficient (Wildman–Crippen LogP) is 2.90. The van der Waals surface area contributed by atoms with Gasteiger partial charge in [-0.15, -0.1) is 0 Å². The van der Waals surface area contributed by atoms with E-state index in [1.54, 1.807) is 61.5 Å². The molecule has 4 rings (SSSR count). The Balaban J connectivity index is 1.34. The van der Waals surface area contributed by atoms with Gasteiger partial charge in [0.1, 0.15) is 5.69 Å². The highest BCUT2D eigenvalue weighted by Crippen LogP contribution is 2.21. The topological polar surface area (TPSA) is 152 Å². The fourth-order valence-electron chi connectivity index (χ4n) is 3.44. The van der Waals surface area contributed by atoms with Crippen LogP contribution in [0.1, 0.15) is 33.6 Å². The molecule has 2 heterocycles. The second-order valence-corrected chi connectivity index (χ2v) is 7.73. The van der Waals surface area contributed by atoms with Crippen LogP contribution in [0.3, 0.4) is 0 Å². The number of ether oxygens (including phenoxy) is 1. The fourth-order valence-corrected chi connectivity index (χ4v) is 3.44. The molecule has 1 atom stereocenters. The van der Waals surface area contributed by atoms with Gasteiger partial charge in [0, 0.05) is 34.7 Å². The molecule has 0 spiro atoms. The summed E-state index contributed by atoms with van der Waals surface area (Å²) in [6, 6.07) is 14.8. The molecule has 0 aliphatic carbocycles. The largest absolute Gasteiger partial charge is 0.461 e. The highest BCUT2D eigenvalue weighted by atomic mass is 16.5. The Morgan fingerprint density at radius 1 is 1.00 bits per heavy atom. The summed E-state index contributed by atoms with van der Waals surface area (Å²) < 4.78 is 5.00. The van der Waals surface area contributed by atoms with E-state index in [2.05, 4.69) is 25.6 Å². The molecule has 0 aliphatic rings. The van der Waals surface area contributed by atoms with Crippen molar-refractivity contribution in [2.75, 3.05) is 17.2 Å². The summed E-state index contributed by atoms with van der Waals surface area (Å²) >= 11 is 0. The number of nitrogens with zero attached hydrogens (tertiary/aromatic N) is 2. The average Bonchev–Trinajstić information content (AvgIpc) is 3.29. The zero-order chi connectivity index (χ0) is 24.8. The lowest BCUT2D eigenvalue weighted by atomic mass is 10.1. The molecule has 0 saturated carbocycles. The number of aromatic nitrogens is 3. The van der Waals surface area contributed by atoms with Gasteiger partial charge in [-0.2, -0.15) is 0 Å². The molecule has 178 valence electrons. The smallest absolute Gasteiger partial charge is 0.354 e. The van der Waals surface area contributed by atoms with Crippen molar-refractivity contribution in [3.63, 3.8) is 0 Å². The summed E-state index contributed by atoms with van der Waals surface area (Å²) in [7, 11) is 0. The van der Waals surface area contributed by atoms with E-state index in [0.29, 0.717) is 23.5 Å². The number of rotatable bonds is 8. The Morgan fingerprint density at radius 3 is 2.43 bits per heavy atom. The number of hydrogen-bond donors (Lipinski definition) is 4. The van der Waals surface area contributed by atoms with Gasteiger partial charge in [0.2, 0.25) is 11.7 Å². The van der Waals surface area contributed by atoms with Gasteiger partial charge < -0.3 is 26.1 Å². The zero-order valence-electron chi connectivity index (χ0n) is 18.9. The van der Waals surface area contributed by atoms with Crippen molar-refractivity contribution in [2.24, 2.45) is 5.73 Å². The van der Waals surface area contributed by atoms with Gasteiger partial charge in [-0.25, -0.2) is 14.8 Å². The van der Waals surface area contributed by atoms with Crippen LogP contribution >= 0.6 is 0 Å². The molecule has 0 saturated heterocycles. The SMILES string of the molecule is CCOC(=O)c1cc2cc(NC(=O)[C@@H](N)Cc3ccc(NC(=O)c4ncccn4)cc3)ccc2[nH]1. The lowest BCUT2D eigenvalue weighted by Crippen LogP contribution is -2.37. The van der Waals surface area contributed by atoms with Crippen LogP contribution in [0.2, 0.25) is 0 Å². The number of fused-ring (bicyclic) bond motifs is 1. The first-order valence-corrected chi connectivity index (χ1v) is 11.0. The Bertz CT molecular complexity index is 1350. The number of nitrogens with one attached hydrogen (secondary N) is 3. The Kier molecular flexibility index (Phi) is 7.12. The van der Waals surface area contributed by atoms with E-state index in [1.807, 2.05) is 0 Å². The van der Waals surface area contributed by atoms with E-state index in [0.717, 1.165) is 16.5 Å². The normalized spacial score (nSPS) is 11.6. The molecule has 4 aromatic rings. The minimum absolute atomic E-state index is 0.0743. The third-order valence-corrected chi connectivity index (χ3v) is 5.16. The van der Waals surface area contributed by atoms with Crippen molar-refractivity contribution in [3.05, 3.63) is 84.1 Å². The lowest BCUT2D eigenvalue weighted by Gasteiger charge is -2.13. The maximum Gasteiger partial charge on any atom is 0.354 e. The number of amides is 2. The van der Waals surface area contributed by atoms with Crippen molar-refractivity contribution in [1.29, 1.82) is 0 Å². The van der Waals surface area contributed by atoms with Crippen molar-refractivity contribution in [3.8, 4) is 0 Å². The number of hydrogen-bond acceptors (Lipinski definition) is 7. The van der Waals surface area contributed by atoms with Crippen molar-refractivity contribution in [1.82, 2.24) is 15.0 Å².